The lowest BCUT2D eigenvalue weighted by molar-refractivity contribution is 0.0926. The van der Waals surface area contributed by atoms with Gasteiger partial charge >= 0.3 is 0 Å². The van der Waals surface area contributed by atoms with Crippen molar-refractivity contribution in [2.75, 3.05) is 5.73 Å². The highest BCUT2D eigenvalue weighted by Gasteiger charge is 2.21. The molecule has 1 aliphatic carbocycles. The van der Waals surface area contributed by atoms with Crippen LogP contribution >= 0.6 is 11.3 Å². The van der Waals surface area contributed by atoms with Crippen LogP contribution in [0.25, 0.3) is 0 Å². The van der Waals surface area contributed by atoms with Crippen molar-refractivity contribution in [3.05, 3.63) is 16.3 Å². The van der Waals surface area contributed by atoms with Crippen molar-refractivity contribution in [2.24, 2.45) is 5.92 Å². The molecule has 0 aliphatic heterocycles. The molecule has 1 aromatic rings. The largest absolute Gasteiger partial charge is 0.397 e. The van der Waals surface area contributed by atoms with Crippen LogP contribution in [0.15, 0.2) is 11.4 Å². The molecule has 0 aromatic carbocycles. The van der Waals surface area contributed by atoms with Gasteiger partial charge in [-0.25, -0.2) is 0 Å². The molecule has 1 amide bonds. The molecule has 2 rings (SSSR count). The molecule has 1 aliphatic rings. The molecule has 88 valence electrons. The number of thiophene rings is 1. The summed E-state index contributed by atoms with van der Waals surface area (Å²) in [5.41, 5.74) is 6.31. The summed E-state index contributed by atoms with van der Waals surface area (Å²) in [5, 5.41) is 4.94. The van der Waals surface area contributed by atoms with Crippen LogP contribution in [0.4, 0.5) is 5.69 Å². The summed E-state index contributed by atoms with van der Waals surface area (Å²) >= 11 is 1.41. The van der Waals surface area contributed by atoms with Crippen molar-refractivity contribution >= 4 is 22.9 Å². The molecular formula is C12H18N2OS. The topological polar surface area (TPSA) is 55.1 Å². The van der Waals surface area contributed by atoms with Crippen molar-refractivity contribution in [3.63, 3.8) is 0 Å². The minimum absolute atomic E-state index is 0.00778. The zero-order valence-electron chi connectivity index (χ0n) is 9.53. The van der Waals surface area contributed by atoms with Gasteiger partial charge in [0.25, 0.3) is 5.91 Å². The predicted octanol–water partition coefficient (Wildman–Crippen LogP) is 2.64. The van der Waals surface area contributed by atoms with Gasteiger partial charge in [0.2, 0.25) is 0 Å². The van der Waals surface area contributed by atoms with E-state index in [0.29, 0.717) is 16.6 Å². The quantitative estimate of drug-likeness (QED) is 0.832. The molecule has 1 fully saturated rings. The average Bonchev–Trinajstić information content (AvgIpc) is 2.64. The van der Waals surface area contributed by atoms with Crippen molar-refractivity contribution in [1.29, 1.82) is 0 Å². The lowest BCUT2D eigenvalue weighted by Gasteiger charge is -2.27. The smallest absolute Gasteiger partial charge is 0.263 e. The molecular weight excluding hydrogens is 220 g/mol. The van der Waals surface area contributed by atoms with Crippen LogP contribution in [0.5, 0.6) is 0 Å². The third-order valence-electron chi connectivity index (χ3n) is 3.17. The number of hydrogen-bond acceptors (Lipinski definition) is 3. The number of nitrogens with two attached hydrogens (primary N) is 1. The first-order chi connectivity index (χ1) is 7.66. The van der Waals surface area contributed by atoms with E-state index in [1.807, 2.05) is 5.38 Å². The second-order valence-corrected chi connectivity index (χ2v) is 5.56. The number of nitrogen functional groups attached to an aromatic ring is 1. The molecule has 2 unspecified atom stereocenters. The van der Waals surface area contributed by atoms with Gasteiger partial charge < -0.3 is 11.1 Å². The second kappa shape index (κ2) is 4.87. The molecule has 1 aromatic heterocycles. The van der Waals surface area contributed by atoms with E-state index in [2.05, 4.69) is 12.2 Å². The molecule has 4 heteroatoms. The van der Waals surface area contributed by atoms with Gasteiger partial charge in [0.15, 0.2) is 0 Å². The lowest BCUT2D eigenvalue weighted by Crippen LogP contribution is -2.37. The molecule has 0 saturated heterocycles. The highest BCUT2D eigenvalue weighted by atomic mass is 32.1. The van der Waals surface area contributed by atoms with Crippen LogP contribution in [-0.4, -0.2) is 11.9 Å². The maximum Gasteiger partial charge on any atom is 0.263 e. The summed E-state index contributed by atoms with van der Waals surface area (Å²) < 4.78 is 0. The predicted molar refractivity (Wildman–Crippen MR) is 67.6 cm³/mol. The van der Waals surface area contributed by atoms with Crippen molar-refractivity contribution in [3.8, 4) is 0 Å². The number of rotatable bonds is 2. The summed E-state index contributed by atoms with van der Waals surface area (Å²) in [7, 11) is 0. The minimum Gasteiger partial charge on any atom is -0.397 e. The Morgan fingerprint density at radius 1 is 1.56 bits per heavy atom. The number of carbonyl (C=O) groups excluding carboxylic acids is 1. The van der Waals surface area contributed by atoms with Gasteiger partial charge in [-0.3, -0.25) is 4.79 Å². The molecule has 0 bridgehead atoms. The Kier molecular flexibility index (Phi) is 3.49. The zero-order chi connectivity index (χ0) is 11.5. The van der Waals surface area contributed by atoms with E-state index in [4.69, 9.17) is 5.73 Å². The van der Waals surface area contributed by atoms with E-state index in [0.717, 1.165) is 18.8 Å². The normalized spacial score (nSPS) is 25.3. The first kappa shape index (κ1) is 11.5. The third kappa shape index (κ3) is 2.55. The Labute approximate surface area is 100 Å². The van der Waals surface area contributed by atoms with E-state index in [1.54, 1.807) is 6.07 Å². The fourth-order valence-electron chi connectivity index (χ4n) is 2.32. The number of nitrogens with one attached hydrogen (secondary N) is 1. The average molecular weight is 238 g/mol. The molecule has 0 spiro atoms. The summed E-state index contributed by atoms with van der Waals surface area (Å²) in [6, 6.07) is 2.11. The van der Waals surface area contributed by atoms with E-state index in [1.165, 1.54) is 24.2 Å². The summed E-state index contributed by atoms with van der Waals surface area (Å²) in [4.78, 5) is 12.6. The van der Waals surface area contributed by atoms with Gasteiger partial charge in [-0.05, 0) is 30.2 Å². The van der Waals surface area contributed by atoms with Gasteiger partial charge in [0.05, 0.1) is 5.69 Å². The van der Waals surface area contributed by atoms with Gasteiger partial charge in [-0.1, -0.05) is 19.8 Å². The molecule has 1 saturated carbocycles. The second-order valence-electron chi connectivity index (χ2n) is 4.65. The number of amides is 1. The van der Waals surface area contributed by atoms with Crippen LogP contribution in [0.1, 0.15) is 42.3 Å². The van der Waals surface area contributed by atoms with Gasteiger partial charge in [-0.15, -0.1) is 11.3 Å². The molecule has 3 nitrogen and oxygen atoms in total. The molecule has 2 atom stereocenters. The lowest BCUT2D eigenvalue weighted by atomic mass is 9.87. The fraction of sp³-hybridized carbons (Fsp3) is 0.583. The van der Waals surface area contributed by atoms with Crippen LogP contribution in [0.3, 0.4) is 0 Å². The Hall–Kier alpha value is -1.03. The standard InChI is InChI=1S/C12H18N2OS/c1-8-3-2-4-9(7-8)14-12(15)11-10(13)5-6-16-11/h5-6,8-9H,2-4,7,13H2,1H3,(H,14,15). The van der Waals surface area contributed by atoms with Crippen molar-refractivity contribution < 1.29 is 4.79 Å². The van der Waals surface area contributed by atoms with Crippen LogP contribution in [0.2, 0.25) is 0 Å². The number of anilines is 1. The van der Waals surface area contributed by atoms with Crippen molar-refractivity contribution in [2.45, 2.75) is 38.6 Å². The zero-order valence-corrected chi connectivity index (χ0v) is 10.3. The maximum atomic E-state index is 11.9. The van der Waals surface area contributed by atoms with E-state index >= 15 is 0 Å². The molecule has 16 heavy (non-hydrogen) atoms. The summed E-state index contributed by atoms with van der Waals surface area (Å²) in [6.07, 6.45) is 4.69. The first-order valence-electron chi connectivity index (χ1n) is 5.80. The van der Waals surface area contributed by atoms with Crippen LogP contribution < -0.4 is 11.1 Å². The Morgan fingerprint density at radius 3 is 3.00 bits per heavy atom. The van der Waals surface area contributed by atoms with E-state index in [9.17, 15) is 4.79 Å². The van der Waals surface area contributed by atoms with E-state index in [-0.39, 0.29) is 5.91 Å². The number of carbonyl (C=O) groups is 1. The molecule has 3 N–H and O–H groups in total. The maximum absolute atomic E-state index is 11.9. The van der Waals surface area contributed by atoms with Gasteiger partial charge in [-0.2, -0.15) is 0 Å². The highest BCUT2D eigenvalue weighted by molar-refractivity contribution is 7.12. The molecule has 0 radical (unpaired) electrons. The van der Waals surface area contributed by atoms with Gasteiger partial charge in [0.1, 0.15) is 4.88 Å². The monoisotopic (exact) mass is 238 g/mol. The first-order valence-corrected chi connectivity index (χ1v) is 6.68. The van der Waals surface area contributed by atoms with Gasteiger partial charge in [0, 0.05) is 6.04 Å². The third-order valence-corrected chi connectivity index (χ3v) is 4.10. The van der Waals surface area contributed by atoms with E-state index < -0.39 is 0 Å². The Morgan fingerprint density at radius 2 is 2.38 bits per heavy atom. The highest BCUT2D eigenvalue weighted by Crippen LogP contribution is 2.25. The van der Waals surface area contributed by atoms with Crippen LogP contribution in [-0.2, 0) is 0 Å². The number of hydrogen-bond donors (Lipinski definition) is 2. The Bertz CT molecular complexity index is 375. The van der Waals surface area contributed by atoms with Crippen molar-refractivity contribution in [1.82, 2.24) is 5.32 Å². The minimum atomic E-state index is -0.00778. The fourth-order valence-corrected chi connectivity index (χ4v) is 3.04. The summed E-state index contributed by atoms with van der Waals surface area (Å²) in [6.45, 7) is 2.25. The summed E-state index contributed by atoms with van der Waals surface area (Å²) in [5.74, 6) is 0.714. The van der Waals surface area contributed by atoms with Crippen LogP contribution in [0, 0.1) is 5.92 Å². The SMILES string of the molecule is CC1CCCC(NC(=O)c2sccc2N)C1. The molecule has 1 heterocycles. The Balaban J connectivity index is 1.95.